The average Bonchev–Trinajstić information content (AvgIpc) is 3.51. The number of hydrogen-bond donors (Lipinski definition) is 1. The summed E-state index contributed by atoms with van der Waals surface area (Å²) in [6.45, 7) is 6.38. The van der Waals surface area contributed by atoms with E-state index in [-0.39, 0.29) is 5.91 Å². The fourth-order valence-electron chi connectivity index (χ4n) is 3.85. The summed E-state index contributed by atoms with van der Waals surface area (Å²) >= 11 is 1.44. The SMILES string of the molecule is CCC(C)c1ccc(OCCCCn2c(CNC(=O)c3cccs3)nc3ccccc32)cc1. The molecule has 0 saturated heterocycles. The van der Waals surface area contributed by atoms with Crippen LogP contribution in [0.15, 0.2) is 66.0 Å². The summed E-state index contributed by atoms with van der Waals surface area (Å²) in [7, 11) is 0. The topological polar surface area (TPSA) is 56.1 Å². The molecule has 0 aliphatic carbocycles. The highest BCUT2D eigenvalue weighted by molar-refractivity contribution is 7.12. The van der Waals surface area contributed by atoms with Gasteiger partial charge in [0.15, 0.2) is 0 Å². The van der Waals surface area contributed by atoms with Crippen LogP contribution in [0.5, 0.6) is 5.75 Å². The third-order valence-corrected chi connectivity index (χ3v) is 6.86. The Balaban J connectivity index is 1.32. The van der Waals surface area contributed by atoms with Crippen molar-refractivity contribution in [3.63, 3.8) is 0 Å². The molecule has 2 heterocycles. The molecule has 1 N–H and O–H groups in total. The molecule has 0 spiro atoms. The number of aryl methyl sites for hydroxylation is 1. The van der Waals surface area contributed by atoms with E-state index in [0.717, 1.165) is 48.4 Å². The molecule has 0 saturated carbocycles. The quantitative estimate of drug-likeness (QED) is 0.263. The number of nitrogens with one attached hydrogen (secondary N) is 1. The minimum atomic E-state index is -0.0589. The zero-order valence-corrected chi connectivity index (χ0v) is 20.1. The summed E-state index contributed by atoms with van der Waals surface area (Å²) in [6, 6.07) is 20.3. The lowest BCUT2D eigenvalue weighted by Gasteiger charge is -2.12. The van der Waals surface area contributed by atoms with Gasteiger partial charge < -0.3 is 14.6 Å². The van der Waals surface area contributed by atoms with Crippen molar-refractivity contribution in [3.8, 4) is 5.75 Å². The highest BCUT2D eigenvalue weighted by Crippen LogP contribution is 2.22. The second-order valence-electron chi connectivity index (χ2n) is 8.26. The molecular formula is C27H31N3O2S. The molecular weight excluding hydrogens is 430 g/mol. The molecule has 5 nitrogen and oxygen atoms in total. The first kappa shape index (κ1) is 23.1. The Labute approximate surface area is 199 Å². The number of thiophene rings is 1. The molecule has 0 fully saturated rings. The van der Waals surface area contributed by atoms with E-state index >= 15 is 0 Å². The number of benzene rings is 2. The monoisotopic (exact) mass is 461 g/mol. The van der Waals surface area contributed by atoms with Crippen molar-refractivity contribution in [2.24, 2.45) is 0 Å². The van der Waals surface area contributed by atoms with Gasteiger partial charge >= 0.3 is 0 Å². The molecule has 33 heavy (non-hydrogen) atoms. The zero-order chi connectivity index (χ0) is 23.0. The van der Waals surface area contributed by atoms with E-state index in [0.29, 0.717) is 23.9 Å². The van der Waals surface area contributed by atoms with E-state index in [1.165, 1.54) is 16.9 Å². The largest absolute Gasteiger partial charge is 0.494 e. The Morgan fingerprint density at radius 1 is 1.09 bits per heavy atom. The smallest absolute Gasteiger partial charge is 0.261 e. The minimum Gasteiger partial charge on any atom is -0.494 e. The fourth-order valence-corrected chi connectivity index (χ4v) is 4.49. The van der Waals surface area contributed by atoms with Gasteiger partial charge in [0.1, 0.15) is 11.6 Å². The highest BCUT2D eigenvalue weighted by atomic mass is 32.1. The normalized spacial score (nSPS) is 12.1. The molecule has 0 aliphatic heterocycles. The Morgan fingerprint density at radius 2 is 1.91 bits per heavy atom. The number of ether oxygens (including phenoxy) is 1. The summed E-state index contributed by atoms with van der Waals surface area (Å²) < 4.78 is 8.16. The highest BCUT2D eigenvalue weighted by Gasteiger charge is 2.13. The van der Waals surface area contributed by atoms with E-state index in [4.69, 9.17) is 9.72 Å². The second-order valence-corrected chi connectivity index (χ2v) is 9.21. The van der Waals surface area contributed by atoms with Crippen LogP contribution < -0.4 is 10.1 Å². The molecule has 2 aromatic heterocycles. The number of fused-ring (bicyclic) bond motifs is 1. The number of aromatic nitrogens is 2. The van der Waals surface area contributed by atoms with Crippen LogP contribution in [0.4, 0.5) is 0 Å². The van der Waals surface area contributed by atoms with Gasteiger partial charge in [-0.15, -0.1) is 11.3 Å². The lowest BCUT2D eigenvalue weighted by atomic mass is 9.99. The first-order chi connectivity index (χ1) is 16.2. The van der Waals surface area contributed by atoms with Crippen molar-refractivity contribution in [1.82, 2.24) is 14.9 Å². The minimum absolute atomic E-state index is 0.0589. The molecule has 1 unspecified atom stereocenters. The zero-order valence-electron chi connectivity index (χ0n) is 19.3. The van der Waals surface area contributed by atoms with Gasteiger partial charge in [-0.1, -0.05) is 44.2 Å². The van der Waals surface area contributed by atoms with Gasteiger partial charge in [-0.2, -0.15) is 0 Å². The van der Waals surface area contributed by atoms with E-state index < -0.39 is 0 Å². The van der Waals surface area contributed by atoms with Crippen LogP contribution in [0.2, 0.25) is 0 Å². The lowest BCUT2D eigenvalue weighted by Crippen LogP contribution is -2.24. The van der Waals surface area contributed by atoms with Gasteiger partial charge in [0.25, 0.3) is 5.91 Å². The van der Waals surface area contributed by atoms with Crippen LogP contribution in [-0.4, -0.2) is 22.1 Å². The first-order valence-electron chi connectivity index (χ1n) is 11.6. The maximum atomic E-state index is 12.4. The lowest BCUT2D eigenvalue weighted by molar-refractivity contribution is 0.0953. The fraction of sp³-hybridized carbons (Fsp3) is 0.333. The molecule has 4 rings (SSSR count). The summed E-state index contributed by atoms with van der Waals surface area (Å²) in [5, 5.41) is 4.91. The van der Waals surface area contributed by atoms with Gasteiger partial charge in [0.05, 0.1) is 29.1 Å². The third kappa shape index (κ3) is 5.82. The first-order valence-corrected chi connectivity index (χ1v) is 12.5. The van der Waals surface area contributed by atoms with Crippen molar-refractivity contribution in [3.05, 3.63) is 82.3 Å². The van der Waals surface area contributed by atoms with Crippen molar-refractivity contribution >= 4 is 28.3 Å². The standard InChI is InChI=1S/C27H31N3O2S/c1-3-20(2)21-12-14-22(15-13-21)32-17-7-6-16-30-24-10-5-4-9-23(24)29-26(30)19-28-27(31)25-11-8-18-33-25/h4-5,8-15,18,20H,3,6-7,16-17,19H2,1-2H3,(H,28,31). The van der Waals surface area contributed by atoms with Crippen LogP contribution in [0, 0.1) is 0 Å². The molecule has 4 aromatic rings. The van der Waals surface area contributed by atoms with Gasteiger partial charge in [-0.05, 0) is 66.5 Å². The van der Waals surface area contributed by atoms with Gasteiger partial charge in [0, 0.05) is 6.54 Å². The molecule has 1 amide bonds. The van der Waals surface area contributed by atoms with Gasteiger partial charge in [-0.25, -0.2) is 4.98 Å². The average molecular weight is 462 g/mol. The van der Waals surface area contributed by atoms with Crippen molar-refractivity contribution < 1.29 is 9.53 Å². The predicted molar refractivity (Wildman–Crippen MR) is 135 cm³/mol. The molecule has 0 aliphatic rings. The number of rotatable bonds is 11. The predicted octanol–water partition coefficient (Wildman–Crippen LogP) is 6.40. The van der Waals surface area contributed by atoms with Crippen molar-refractivity contribution in [2.45, 2.75) is 52.1 Å². The number of amides is 1. The summed E-state index contributed by atoms with van der Waals surface area (Å²) in [4.78, 5) is 17.8. The van der Waals surface area contributed by atoms with Gasteiger partial charge in [0.2, 0.25) is 0 Å². The number of imidazole rings is 1. The number of nitrogens with zero attached hydrogens (tertiary/aromatic N) is 2. The van der Waals surface area contributed by atoms with E-state index in [9.17, 15) is 4.79 Å². The van der Waals surface area contributed by atoms with E-state index in [1.807, 2.05) is 35.7 Å². The molecule has 172 valence electrons. The van der Waals surface area contributed by atoms with Crippen LogP contribution in [0.1, 0.15) is 60.1 Å². The van der Waals surface area contributed by atoms with Crippen molar-refractivity contribution in [1.29, 1.82) is 0 Å². The Bertz CT molecular complexity index is 1170. The van der Waals surface area contributed by atoms with Crippen LogP contribution >= 0.6 is 11.3 Å². The molecule has 1 atom stereocenters. The van der Waals surface area contributed by atoms with Crippen LogP contribution in [0.3, 0.4) is 0 Å². The molecule has 0 bridgehead atoms. The van der Waals surface area contributed by atoms with Crippen molar-refractivity contribution in [2.75, 3.05) is 6.61 Å². The Hall–Kier alpha value is -3.12. The van der Waals surface area contributed by atoms with Gasteiger partial charge in [-0.3, -0.25) is 4.79 Å². The second kappa shape index (κ2) is 11.1. The maximum absolute atomic E-state index is 12.4. The molecule has 0 radical (unpaired) electrons. The van der Waals surface area contributed by atoms with E-state index in [2.05, 4.69) is 54.1 Å². The van der Waals surface area contributed by atoms with Crippen LogP contribution in [0.25, 0.3) is 11.0 Å². The summed E-state index contributed by atoms with van der Waals surface area (Å²) in [6.07, 6.45) is 3.06. The van der Waals surface area contributed by atoms with E-state index in [1.54, 1.807) is 0 Å². The number of carbonyl (C=O) groups excluding carboxylic acids is 1. The maximum Gasteiger partial charge on any atom is 0.261 e. The number of carbonyl (C=O) groups is 1. The Kier molecular flexibility index (Phi) is 7.79. The number of unbranched alkanes of at least 4 members (excludes halogenated alkanes) is 1. The third-order valence-electron chi connectivity index (χ3n) is 5.99. The van der Waals surface area contributed by atoms with Crippen LogP contribution in [-0.2, 0) is 13.1 Å². The summed E-state index contributed by atoms with van der Waals surface area (Å²) in [5.74, 6) is 2.32. The summed E-state index contributed by atoms with van der Waals surface area (Å²) in [5.41, 5.74) is 3.41. The number of para-hydroxylation sites is 2. The number of hydrogen-bond acceptors (Lipinski definition) is 4. The molecule has 6 heteroatoms. The molecule has 2 aromatic carbocycles. The Morgan fingerprint density at radius 3 is 2.67 bits per heavy atom.